The van der Waals surface area contributed by atoms with Crippen LogP contribution < -0.4 is 30.1 Å². The van der Waals surface area contributed by atoms with Crippen LogP contribution in [0.2, 0.25) is 0 Å². The Balaban J connectivity index is 0.000000876. The van der Waals surface area contributed by atoms with E-state index in [1.807, 2.05) is 20.9 Å². The fourth-order valence-electron chi connectivity index (χ4n) is 5.79. The Morgan fingerprint density at radius 3 is 1.26 bits per heavy atom. The number of nitrogens with zero attached hydrogens (tertiary/aromatic N) is 2. The molecule has 22 heteroatoms. The Labute approximate surface area is 354 Å². The van der Waals surface area contributed by atoms with Crippen LogP contribution in [-0.4, -0.2) is 134 Å². The molecule has 0 aliphatic rings. The van der Waals surface area contributed by atoms with Gasteiger partial charge in [0.25, 0.3) is 11.1 Å². The zero-order valence-electron chi connectivity index (χ0n) is 32.9. The van der Waals surface area contributed by atoms with Crippen molar-refractivity contribution in [1.29, 1.82) is 0 Å². The molecule has 0 aliphatic heterocycles. The van der Waals surface area contributed by atoms with Crippen LogP contribution in [-0.2, 0) is 14.1 Å². The molecule has 0 bridgehead atoms. The molecule has 2 aromatic carbocycles. The van der Waals surface area contributed by atoms with Crippen LogP contribution in [0.25, 0.3) is 22.3 Å². The van der Waals surface area contributed by atoms with Crippen molar-refractivity contribution in [3.8, 4) is 45.3 Å². The minimum absolute atomic E-state index is 0. The Morgan fingerprint density at radius 2 is 1.02 bits per heavy atom. The van der Waals surface area contributed by atoms with Gasteiger partial charge in [-0.05, 0) is 138 Å². The van der Waals surface area contributed by atoms with Gasteiger partial charge in [0.2, 0.25) is 0 Å². The molecule has 291 valence electrons. The molecule has 11 nitrogen and oxygen atoms in total. The van der Waals surface area contributed by atoms with Crippen molar-refractivity contribution in [2.75, 3.05) is 28.4 Å². The predicted molar refractivity (Wildman–Crippen MR) is 253 cm³/mol. The van der Waals surface area contributed by atoms with Gasteiger partial charge < -0.3 is 33.2 Å². The average Bonchev–Trinajstić information content (AvgIpc) is 3.17. The highest BCUT2D eigenvalue weighted by atomic mass is 16.5. The average molecular weight is 773 g/mol. The maximum Gasteiger partial charge on any atom is 0.343 e. The summed E-state index contributed by atoms with van der Waals surface area (Å²) in [4.78, 5) is 46.6. The highest BCUT2D eigenvalue weighted by Crippen LogP contribution is 2.37. The normalized spacial score (nSPS) is 9.71. The number of rotatable bonds is 12. The summed E-state index contributed by atoms with van der Waals surface area (Å²) in [5.41, 5.74) is 6.58. The van der Waals surface area contributed by atoms with Crippen LogP contribution >= 0.6 is 0 Å². The van der Waals surface area contributed by atoms with Gasteiger partial charge in [0.05, 0.1) is 34.0 Å². The van der Waals surface area contributed by atoms with Gasteiger partial charge in [-0.1, -0.05) is 22.6 Å². The Hall–Kier alpha value is -4.61. The molecule has 0 amide bonds. The maximum atomic E-state index is 12.0. The summed E-state index contributed by atoms with van der Waals surface area (Å²) >= 11 is 0. The van der Waals surface area contributed by atoms with Gasteiger partial charge >= 0.3 is 5.97 Å². The molecule has 2 aromatic heterocycles. The van der Waals surface area contributed by atoms with E-state index in [1.54, 1.807) is 69.2 Å². The maximum absolute atomic E-state index is 12.0. The summed E-state index contributed by atoms with van der Waals surface area (Å²) in [6, 6.07) is 6.83. The first-order chi connectivity index (χ1) is 26.3. The standard InChI is InChI=1S/C17H19NO5.C17H19NO4.2CH4.B11H3/c1-9-10(2)16(19)18(3)8-12(9)11-6-13(22-4)15(17(20)21)14(7-11)23-5;1-10-11(2)17(20)18(3)8-13(10)12-6-15(21-4)14(9-19)16(7-12)22-5;;;1-7-10(6)11(8(2)3)9(4)5/h6-8H,1-5H3,(H,20,21);6-9H,1-5H3;2*1H4;1H3/q;;;;-1. The van der Waals surface area contributed by atoms with Crippen molar-refractivity contribution in [2.45, 2.75) is 42.5 Å². The smallest absolute Gasteiger partial charge is 0.343 e. The molecular weight excluding hydrogens is 723 g/mol. The monoisotopic (exact) mass is 774 g/mol. The summed E-state index contributed by atoms with van der Waals surface area (Å²) in [6.07, 6.45) is 2.82. The lowest BCUT2D eigenvalue weighted by atomic mass is 8.56. The molecule has 0 spiro atoms. The van der Waals surface area contributed by atoms with Crippen molar-refractivity contribution in [2.24, 2.45) is 14.1 Å². The van der Waals surface area contributed by atoms with Crippen molar-refractivity contribution >= 4 is 91.3 Å². The molecule has 0 saturated heterocycles. The highest BCUT2D eigenvalue weighted by molar-refractivity contribution is 8.01. The van der Waals surface area contributed by atoms with E-state index in [0.717, 1.165) is 33.4 Å². The molecular formula is C36H49B11N2O9-. The molecule has 2 heterocycles. The third kappa shape index (κ3) is 12.2. The second-order valence-electron chi connectivity index (χ2n) is 12.7. The van der Waals surface area contributed by atoms with E-state index in [9.17, 15) is 24.3 Å². The largest absolute Gasteiger partial charge is 0.496 e. The number of hydrogen-bond donors (Lipinski definition) is 1. The number of pyridine rings is 2. The van der Waals surface area contributed by atoms with Gasteiger partial charge in [0, 0.05) is 48.7 Å². The van der Waals surface area contributed by atoms with Crippen LogP contribution in [0.4, 0.5) is 0 Å². The topological polar surface area (TPSA) is 135 Å². The van der Waals surface area contributed by atoms with Gasteiger partial charge in [-0.15, -0.1) is 0 Å². The number of aldehydes is 1. The lowest BCUT2D eigenvalue weighted by Gasteiger charge is -2.27. The Kier molecular flexibility index (Phi) is 21.8. The van der Waals surface area contributed by atoms with Gasteiger partial charge in [-0.3, -0.25) is 14.4 Å². The van der Waals surface area contributed by atoms with E-state index in [4.69, 9.17) is 57.6 Å². The molecule has 4 aromatic rings. The molecule has 58 heavy (non-hydrogen) atoms. The lowest BCUT2D eigenvalue weighted by Crippen LogP contribution is -2.63. The first-order valence-electron chi connectivity index (χ1n) is 16.8. The number of hydrogen-bond acceptors (Lipinski definition) is 8. The molecule has 4 rings (SSSR count). The quantitative estimate of drug-likeness (QED) is 0.166. The van der Waals surface area contributed by atoms with Crippen molar-refractivity contribution in [3.63, 3.8) is 0 Å². The molecule has 0 fully saturated rings. The summed E-state index contributed by atoms with van der Waals surface area (Å²) in [5, 5.41) is 9.34. The lowest BCUT2D eigenvalue weighted by molar-refractivity contribution is 0.0689. The molecule has 0 saturated carbocycles. The summed E-state index contributed by atoms with van der Waals surface area (Å²) in [7, 11) is 38.9. The zero-order chi connectivity index (χ0) is 42.8. The molecule has 0 atom stereocenters. The van der Waals surface area contributed by atoms with E-state index < -0.39 is 18.7 Å². The summed E-state index contributed by atoms with van der Waals surface area (Å²) < 4.78 is 24.0. The van der Waals surface area contributed by atoms with Crippen molar-refractivity contribution in [3.05, 3.63) is 90.7 Å². The molecule has 11 radical (unpaired) electrons. The van der Waals surface area contributed by atoms with Gasteiger partial charge in [0.15, 0.2) is 6.29 Å². The number of aromatic nitrogens is 2. The SMILES string of the molecule is C.C.COc1cc(-c2cn(C)c(=O)c(C)c2C)cc(OC)c1C(=O)O.COc1cc(-c2cn(C)c(=O)c(C)c2C)cc(OC)c1C=O.[B]B([B])B(B([B])[B])B([B])[B][BH3-]. The van der Waals surface area contributed by atoms with Gasteiger partial charge in [0.1, 0.15) is 28.6 Å². The minimum atomic E-state index is -1.13. The first-order valence-corrected chi connectivity index (χ1v) is 16.8. The van der Waals surface area contributed by atoms with E-state index in [2.05, 4.69) is 0 Å². The summed E-state index contributed by atoms with van der Waals surface area (Å²) in [6.45, 7) is 7.32. The highest BCUT2D eigenvalue weighted by Gasteiger charge is 2.25. The zero-order valence-corrected chi connectivity index (χ0v) is 32.9. The number of aromatic carboxylic acids is 1. The van der Waals surface area contributed by atoms with E-state index in [1.165, 1.54) is 33.0 Å². The number of aryl methyl sites for hydroxylation is 2. The van der Waals surface area contributed by atoms with Crippen LogP contribution in [0.15, 0.2) is 46.2 Å². The van der Waals surface area contributed by atoms with Gasteiger partial charge in [-0.2, -0.15) is 7.06 Å². The second-order valence-corrected chi connectivity index (χ2v) is 12.7. The number of methoxy groups -OCH3 is 4. The van der Waals surface area contributed by atoms with Crippen LogP contribution in [0.3, 0.4) is 0 Å². The van der Waals surface area contributed by atoms with Crippen molar-refractivity contribution in [1.82, 2.24) is 9.13 Å². The van der Waals surface area contributed by atoms with Crippen LogP contribution in [0, 0.1) is 27.7 Å². The number of carbonyl (C=O) groups is 2. The fraction of sp³-hybridized carbons (Fsp3) is 0.333. The van der Waals surface area contributed by atoms with E-state index in [0.29, 0.717) is 34.5 Å². The van der Waals surface area contributed by atoms with E-state index in [-0.39, 0.29) is 63.5 Å². The Bertz CT molecular complexity index is 2110. The van der Waals surface area contributed by atoms with Crippen LogP contribution in [0.1, 0.15) is 57.8 Å². The number of benzene rings is 2. The first kappa shape index (κ1) is 53.4. The Morgan fingerprint density at radius 1 is 0.690 bits per heavy atom. The summed E-state index contributed by atoms with van der Waals surface area (Å²) in [5.74, 6) is 0.166. The third-order valence-electron chi connectivity index (χ3n) is 9.20. The predicted octanol–water partition coefficient (Wildman–Crippen LogP) is 1.16. The minimum Gasteiger partial charge on any atom is -0.496 e. The number of carbonyl (C=O) groups excluding carboxylic acids is 1. The van der Waals surface area contributed by atoms with E-state index >= 15 is 0 Å². The molecule has 1 N–H and O–H groups in total. The molecule has 0 unspecified atom stereocenters. The number of carboxylic acids is 1. The second kappa shape index (κ2) is 23.7. The molecule has 0 aliphatic carbocycles. The number of carboxylic acid groups (broad SMARTS) is 1. The van der Waals surface area contributed by atoms with Crippen molar-refractivity contribution < 1.29 is 33.6 Å². The number of ether oxygens (including phenoxy) is 4. The van der Waals surface area contributed by atoms with Crippen LogP contribution in [0.5, 0.6) is 23.0 Å². The van der Waals surface area contributed by atoms with Gasteiger partial charge in [-0.25, -0.2) is 4.79 Å². The fourth-order valence-corrected chi connectivity index (χ4v) is 5.79. The third-order valence-corrected chi connectivity index (χ3v) is 9.20.